The van der Waals surface area contributed by atoms with Crippen LogP contribution in [0.3, 0.4) is 0 Å². The number of benzene rings is 1. The van der Waals surface area contributed by atoms with E-state index in [4.69, 9.17) is 5.11 Å². The van der Waals surface area contributed by atoms with Gasteiger partial charge in [0.15, 0.2) is 5.76 Å². The average molecular weight is 331 g/mol. The molecule has 1 heterocycles. The fraction of sp³-hybridized carbons (Fsp3) is 0.353. The maximum atomic E-state index is 12.1. The summed E-state index contributed by atoms with van der Waals surface area (Å²) in [6, 6.07) is 7.81. The molecule has 0 saturated carbocycles. The smallest absolute Gasteiger partial charge is 0.322 e. The molecule has 128 valence electrons. The van der Waals surface area contributed by atoms with Gasteiger partial charge in [0.2, 0.25) is 0 Å². The van der Waals surface area contributed by atoms with Gasteiger partial charge in [-0.1, -0.05) is 36.8 Å². The minimum atomic E-state index is -1.15. The van der Waals surface area contributed by atoms with E-state index in [-0.39, 0.29) is 17.6 Å². The summed E-state index contributed by atoms with van der Waals surface area (Å²) in [5.74, 6) is -2.06. The Morgan fingerprint density at radius 2 is 2.12 bits per heavy atom. The van der Waals surface area contributed by atoms with E-state index in [1.807, 2.05) is 38.1 Å². The number of aliphatic carboxylic acids is 1. The fourth-order valence-corrected chi connectivity index (χ4v) is 2.42. The van der Waals surface area contributed by atoms with Gasteiger partial charge in [-0.25, -0.2) is 0 Å². The molecule has 1 aromatic rings. The van der Waals surface area contributed by atoms with E-state index in [0.29, 0.717) is 18.6 Å². The zero-order valence-corrected chi connectivity index (χ0v) is 13.7. The number of aliphatic hydroxyl groups excluding tert-OH is 1. The molecule has 1 aliphatic heterocycles. The van der Waals surface area contributed by atoms with Crippen LogP contribution in [0.25, 0.3) is 0 Å². The van der Waals surface area contributed by atoms with Gasteiger partial charge in [-0.2, -0.15) is 0 Å². The first kappa shape index (κ1) is 17.5. The van der Waals surface area contributed by atoms with Gasteiger partial charge in [-0.15, -0.1) is 0 Å². The number of aliphatic imine (C=N–C) groups is 1. The highest BCUT2D eigenvalue weighted by atomic mass is 16.4. The van der Waals surface area contributed by atoms with Crippen LogP contribution < -0.4 is 10.6 Å². The Hall–Kier alpha value is -2.83. The van der Waals surface area contributed by atoms with Crippen LogP contribution in [-0.2, 0) is 16.0 Å². The maximum Gasteiger partial charge on any atom is 0.322 e. The number of nitrogens with one attached hydrogen (secondary N) is 2. The standard InChI is InChI=1S/C17H21N3O4/c1-3-13-19-12(8-11-6-4-5-10(2)7-11)16(23)15(20-13)17(24)18-9-14(21)22/h4-7,13,20,23H,3,8-9H2,1-2H3,(H,18,24)(H,21,22). The first-order valence-corrected chi connectivity index (χ1v) is 7.73. The SMILES string of the molecule is CCC1N=C(Cc2cccc(C)c2)C(O)=C(C(=O)NCC(=O)O)N1. The maximum absolute atomic E-state index is 12.1. The molecule has 7 heteroatoms. The summed E-state index contributed by atoms with van der Waals surface area (Å²) in [6.07, 6.45) is 0.674. The topological polar surface area (TPSA) is 111 Å². The largest absolute Gasteiger partial charge is 0.504 e. The number of carbonyl (C=O) groups excluding carboxylic acids is 1. The van der Waals surface area contributed by atoms with Gasteiger partial charge in [0.05, 0.1) is 5.71 Å². The summed E-state index contributed by atoms with van der Waals surface area (Å²) in [5, 5.41) is 24.1. The summed E-state index contributed by atoms with van der Waals surface area (Å²) < 4.78 is 0. The molecule has 0 aromatic heterocycles. The van der Waals surface area contributed by atoms with Crippen molar-refractivity contribution >= 4 is 17.6 Å². The van der Waals surface area contributed by atoms with Crippen molar-refractivity contribution in [2.75, 3.05) is 6.54 Å². The Kier molecular flexibility index (Phi) is 5.57. The number of amides is 1. The Labute approximate surface area is 140 Å². The lowest BCUT2D eigenvalue weighted by atomic mass is 10.0. The molecule has 0 radical (unpaired) electrons. The Balaban J connectivity index is 2.25. The molecule has 0 saturated heterocycles. The monoisotopic (exact) mass is 331 g/mol. The normalized spacial score (nSPS) is 17.1. The van der Waals surface area contributed by atoms with Crippen LogP contribution in [0, 0.1) is 6.92 Å². The lowest BCUT2D eigenvalue weighted by molar-refractivity contribution is -0.137. The van der Waals surface area contributed by atoms with E-state index < -0.39 is 18.4 Å². The summed E-state index contributed by atoms with van der Waals surface area (Å²) >= 11 is 0. The highest BCUT2D eigenvalue weighted by molar-refractivity contribution is 6.08. The molecule has 2 rings (SSSR count). The number of aryl methyl sites for hydroxylation is 1. The van der Waals surface area contributed by atoms with E-state index >= 15 is 0 Å². The summed E-state index contributed by atoms with van der Waals surface area (Å²) in [5.41, 5.74) is 2.44. The van der Waals surface area contributed by atoms with Crippen molar-refractivity contribution in [2.45, 2.75) is 32.9 Å². The van der Waals surface area contributed by atoms with Crippen LogP contribution >= 0.6 is 0 Å². The minimum absolute atomic E-state index is 0.0410. The third-order valence-electron chi connectivity index (χ3n) is 3.60. The lowest BCUT2D eigenvalue weighted by Crippen LogP contribution is -2.43. The molecule has 1 amide bonds. The molecule has 1 unspecified atom stereocenters. The first-order valence-electron chi connectivity index (χ1n) is 7.73. The molecule has 0 spiro atoms. The second kappa shape index (κ2) is 7.63. The zero-order valence-electron chi connectivity index (χ0n) is 13.7. The van der Waals surface area contributed by atoms with E-state index in [1.54, 1.807) is 0 Å². The van der Waals surface area contributed by atoms with Gasteiger partial charge < -0.3 is 20.8 Å². The molecule has 7 nitrogen and oxygen atoms in total. The van der Waals surface area contributed by atoms with Crippen molar-refractivity contribution in [1.29, 1.82) is 0 Å². The van der Waals surface area contributed by atoms with Crippen molar-refractivity contribution in [2.24, 2.45) is 4.99 Å². The van der Waals surface area contributed by atoms with Crippen LogP contribution in [0.15, 0.2) is 40.7 Å². The van der Waals surface area contributed by atoms with Crippen LogP contribution in [0.2, 0.25) is 0 Å². The van der Waals surface area contributed by atoms with Gasteiger partial charge in [0.25, 0.3) is 5.91 Å². The second-order valence-corrected chi connectivity index (χ2v) is 5.61. The average Bonchev–Trinajstić information content (AvgIpc) is 2.54. The molecule has 1 atom stereocenters. The summed E-state index contributed by atoms with van der Waals surface area (Å²) in [6.45, 7) is 3.36. The Morgan fingerprint density at radius 1 is 1.38 bits per heavy atom. The first-order chi connectivity index (χ1) is 11.4. The van der Waals surface area contributed by atoms with Gasteiger partial charge in [0, 0.05) is 6.42 Å². The third kappa shape index (κ3) is 4.34. The molecule has 1 aromatic carbocycles. The highest BCUT2D eigenvalue weighted by Crippen LogP contribution is 2.16. The molecular formula is C17H21N3O4. The van der Waals surface area contributed by atoms with Crippen LogP contribution in [0.5, 0.6) is 0 Å². The molecule has 4 N–H and O–H groups in total. The van der Waals surface area contributed by atoms with Crippen LogP contribution in [0.1, 0.15) is 24.5 Å². The third-order valence-corrected chi connectivity index (χ3v) is 3.60. The van der Waals surface area contributed by atoms with E-state index in [9.17, 15) is 14.7 Å². The van der Waals surface area contributed by atoms with Crippen molar-refractivity contribution in [3.8, 4) is 0 Å². The van der Waals surface area contributed by atoms with Gasteiger partial charge in [0.1, 0.15) is 18.4 Å². The van der Waals surface area contributed by atoms with Crippen LogP contribution in [0.4, 0.5) is 0 Å². The van der Waals surface area contributed by atoms with Gasteiger partial charge >= 0.3 is 5.97 Å². The number of rotatable bonds is 6. The van der Waals surface area contributed by atoms with Crippen molar-refractivity contribution in [1.82, 2.24) is 10.6 Å². The number of carboxylic acid groups (broad SMARTS) is 1. The quantitative estimate of drug-likeness (QED) is 0.628. The van der Waals surface area contributed by atoms with E-state index in [1.165, 1.54) is 0 Å². The fourth-order valence-electron chi connectivity index (χ4n) is 2.42. The predicted molar refractivity (Wildman–Crippen MR) is 89.8 cm³/mol. The number of carbonyl (C=O) groups is 2. The number of aliphatic hydroxyl groups is 1. The number of carboxylic acids is 1. The molecule has 24 heavy (non-hydrogen) atoms. The number of allylic oxidation sites excluding steroid dienone is 1. The van der Waals surface area contributed by atoms with E-state index in [0.717, 1.165) is 11.1 Å². The molecule has 0 bridgehead atoms. The number of nitrogens with zero attached hydrogens (tertiary/aromatic N) is 1. The number of hydrogen-bond acceptors (Lipinski definition) is 5. The van der Waals surface area contributed by atoms with Crippen LogP contribution in [-0.4, -0.2) is 40.5 Å². The molecule has 0 aliphatic carbocycles. The second-order valence-electron chi connectivity index (χ2n) is 5.61. The summed E-state index contributed by atoms with van der Waals surface area (Å²) in [4.78, 5) is 27.1. The Bertz CT molecular complexity index is 710. The number of hydrogen-bond donors (Lipinski definition) is 4. The molecule has 0 fully saturated rings. The lowest BCUT2D eigenvalue weighted by Gasteiger charge is -2.24. The highest BCUT2D eigenvalue weighted by Gasteiger charge is 2.26. The zero-order chi connectivity index (χ0) is 17.7. The molecular weight excluding hydrogens is 310 g/mol. The van der Waals surface area contributed by atoms with Gasteiger partial charge in [-0.3, -0.25) is 14.6 Å². The minimum Gasteiger partial charge on any atom is -0.504 e. The van der Waals surface area contributed by atoms with Crippen molar-refractivity contribution in [3.63, 3.8) is 0 Å². The van der Waals surface area contributed by atoms with Crippen molar-refractivity contribution in [3.05, 3.63) is 46.8 Å². The predicted octanol–water partition coefficient (Wildman–Crippen LogP) is 1.29. The molecule has 1 aliphatic rings. The van der Waals surface area contributed by atoms with Gasteiger partial charge in [-0.05, 0) is 18.9 Å². The Morgan fingerprint density at radius 3 is 2.75 bits per heavy atom. The van der Waals surface area contributed by atoms with Crippen molar-refractivity contribution < 1.29 is 19.8 Å². The summed E-state index contributed by atoms with van der Waals surface area (Å²) in [7, 11) is 0. The van der Waals surface area contributed by atoms with E-state index in [2.05, 4.69) is 15.6 Å².